The molecule has 0 saturated carbocycles. The highest BCUT2D eigenvalue weighted by molar-refractivity contribution is 5.89. The van der Waals surface area contributed by atoms with Gasteiger partial charge in [-0.15, -0.1) is 0 Å². The maximum Gasteiger partial charge on any atom is 0.137 e. The molecule has 0 radical (unpaired) electrons. The average molecular weight is 253 g/mol. The topological polar surface area (TPSA) is 51.0 Å². The van der Waals surface area contributed by atoms with Gasteiger partial charge in [-0.3, -0.25) is 0 Å². The number of rotatable bonds is 4. The third-order valence-electron chi connectivity index (χ3n) is 3.03. The van der Waals surface area contributed by atoms with Crippen LogP contribution in [-0.4, -0.2) is 16.5 Å². The number of aromatic nitrogens is 2. The summed E-state index contributed by atoms with van der Waals surface area (Å²) in [5.74, 6) is 1.85. The van der Waals surface area contributed by atoms with Gasteiger partial charge in [-0.1, -0.05) is 11.6 Å². The fraction of sp³-hybridized carbons (Fsp3) is 0.200. The van der Waals surface area contributed by atoms with Crippen LogP contribution in [-0.2, 0) is 6.42 Å². The number of anilines is 1. The molecule has 0 bridgehead atoms. The van der Waals surface area contributed by atoms with Crippen LogP contribution in [0.15, 0.2) is 47.3 Å². The summed E-state index contributed by atoms with van der Waals surface area (Å²) in [6.07, 6.45) is 4.12. The molecule has 0 atom stereocenters. The van der Waals surface area contributed by atoms with E-state index in [0.717, 1.165) is 35.4 Å². The van der Waals surface area contributed by atoms with Crippen LogP contribution in [0.25, 0.3) is 10.9 Å². The smallest absolute Gasteiger partial charge is 0.137 e. The molecule has 3 rings (SSSR count). The lowest BCUT2D eigenvalue weighted by atomic mass is 10.1. The van der Waals surface area contributed by atoms with Gasteiger partial charge in [0, 0.05) is 18.4 Å². The predicted molar refractivity (Wildman–Crippen MR) is 75.2 cm³/mol. The van der Waals surface area contributed by atoms with Gasteiger partial charge < -0.3 is 9.73 Å². The first kappa shape index (κ1) is 11.7. The van der Waals surface area contributed by atoms with Crippen LogP contribution < -0.4 is 5.32 Å². The van der Waals surface area contributed by atoms with Crippen molar-refractivity contribution in [1.29, 1.82) is 0 Å². The Bertz CT molecular complexity index is 677. The molecule has 2 heterocycles. The fourth-order valence-corrected chi connectivity index (χ4v) is 2.07. The molecule has 1 aromatic carbocycles. The van der Waals surface area contributed by atoms with E-state index in [1.807, 2.05) is 18.2 Å². The molecule has 2 aromatic heterocycles. The molecule has 4 heteroatoms. The van der Waals surface area contributed by atoms with Crippen LogP contribution in [0.2, 0.25) is 0 Å². The van der Waals surface area contributed by atoms with Crippen LogP contribution in [0.1, 0.15) is 11.3 Å². The largest absolute Gasteiger partial charge is 0.469 e. The number of nitrogens with one attached hydrogen (secondary N) is 1. The molecule has 0 unspecified atom stereocenters. The summed E-state index contributed by atoms with van der Waals surface area (Å²) >= 11 is 0. The number of furan rings is 1. The number of hydrogen-bond donors (Lipinski definition) is 1. The van der Waals surface area contributed by atoms with E-state index >= 15 is 0 Å². The number of aryl methyl sites for hydroxylation is 1. The zero-order valence-corrected chi connectivity index (χ0v) is 10.8. The molecule has 1 N–H and O–H groups in total. The standard InChI is InChI=1S/C15H15N3O/c1-11-4-5-14-13(9-11)15(18-10-17-14)16-7-6-12-3-2-8-19-12/h2-5,8-10H,6-7H2,1H3,(H,16,17,18). The van der Waals surface area contributed by atoms with Gasteiger partial charge in [0.2, 0.25) is 0 Å². The second-order valence-electron chi connectivity index (χ2n) is 4.50. The predicted octanol–water partition coefficient (Wildman–Crippen LogP) is 3.19. The molecular formula is C15H15N3O. The number of hydrogen-bond acceptors (Lipinski definition) is 4. The molecule has 96 valence electrons. The molecule has 0 fully saturated rings. The minimum absolute atomic E-state index is 0.785. The van der Waals surface area contributed by atoms with E-state index in [4.69, 9.17) is 4.42 Å². The van der Waals surface area contributed by atoms with Gasteiger partial charge in [0.15, 0.2) is 0 Å². The second-order valence-corrected chi connectivity index (χ2v) is 4.50. The third-order valence-corrected chi connectivity index (χ3v) is 3.03. The number of nitrogens with zero attached hydrogens (tertiary/aromatic N) is 2. The van der Waals surface area contributed by atoms with Crippen LogP contribution in [0.5, 0.6) is 0 Å². The highest BCUT2D eigenvalue weighted by Gasteiger charge is 2.03. The van der Waals surface area contributed by atoms with Crippen molar-refractivity contribution >= 4 is 16.7 Å². The summed E-state index contributed by atoms with van der Waals surface area (Å²) < 4.78 is 5.31. The highest BCUT2D eigenvalue weighted by Crippen LogP contribution is 2.20. The van der Waals surface area contributed by atoms with Crippen molar-refractivity contribution in [2.75, 3.05) is 11.9 Å². The van der Waals surface area contributed by atoms with Crippen molar-refractivity contribution < 1.29 is 4.42 Å². The Morgan fingerprint density at radius 3 is 3.00 bits per heavy atom. The summed E-state index contributed by atoms with van der Waals surface area (Å²) in [6, 6.07) is 10.1. The fourth-order valence-electron chi connectivity index (χ4n) is 2.07. The first-order valence-corrected chi connectivity index (χ1v) is 6.30. The molecule has 0 saturated heterocycles. The van der Waals surface area contributed by atoms with E-state index in [2.05, 4.69) is 34.3 Å². The van der Waals surface area contributed by atoms with E-state index in [-0.39, 0.29) is 0 Å². The SMILES string of the molecule is Cc1ccc2ncnc(NCCc3ccco3)c2c1. The number of benzene rings is 1. The maximum absolute atomic E-state index is 5.31. The normalized spacial score (nSPS) is 10.8. The Morgan fingerprint density at radius 2 is 2.16 bits per heavy atom. The van der Waals surface area contributed by atoms with Gasteiger partial charge in [0.1, 0.15) is 17.9 Å². The summed E-state index contributed by atoms with van der Waals surface area (Å²) in [5, 5.41) is 4.40. The van der Waals surface area contributed by atoms with Crippen molar-refractivity contribution in [3.63, 3.8) is 0 Å². The molecule has 0 amide bonds. The van der Waals surface area contributed by atoms with Crippen LogP contribution in [0.3, 0.4) is 0 Å². The quantitative estimate of drug-likeness (QED) is 0.775. The lowest BCUT2D eigenvalue weighted by molar-refractivity contribution is 0.513. The van der Waals surface area contributed by atoms with Gasteiger partial charge in [-0.2, -0.15) is 0 Å². The van der Waals surface area contributed by atoms with Crippen molar-refractivity contribution in [2.45, 2.75) is 13.3 Å². The Hall–Kier alpha value is -2.36. The molecule has 0 aliphatic carbocycles. The van der Waals surface area contributed by atoms with Crippen LogP contribution in [0, 0.1) is 6.92 Å². The Morgan fingerprint density at radius 1 is 1.21 bits per heavy atom. The van der Waals surface area contributed by atoms with Gasteiger partial charge in [-0.25, -0.2) is 9.97 Å². The van der Waals surface area contributed by atoms with Crippen LogP contribution in [0.4, 0.5) is 5.82 Å². The van der Waals surface area contributed by atoms with Gasteiger partial charge in [0.05, 0.1) is 11.8 Å². The van der Waals surface area contributed by atoms with Crippen molar-refractivity contribution in [1.82, 2.24) is 9.97 Å². The molecule has 0 aliphatic rings. The summed E-state index contributed by atoms with van der Waals surface area (Å²) in [7, 11) is 0. The highest BCUT2D eigenvalue weighted by atomic mass is 16.3. The molecule has 3 aromatic rings. The van der Waals surface area contributed by atoms with Crippen molar-refractivity contribution in [3.8, 4) is 0 Å². The first-order valence-electron chi connectivity index (χ1n) is 6.30. The lowest BCUT2D eigenvalue weighted by Crippen LogP contribution is -2.06. The first-order chi connectivity index (χ1) is 9.33. The summed E-state index contributed by atoms with van der Waals surface area (Å²) in [5.41, 5.74) is 2.16. The summed E-state index contributed by atoms with van der Waals surface area (Å²) in [4.78, 5) is 8.59. The van der Waals surface area contributed by atoms with Gasteiger partial charge in [-0.05, 0) is 31.2 Å². The van der Waals surface area contributed by atoms with Gasteiger partial charge >= 0.3 is 0 Å². The molecular weight excluding hydrogens is 238 g/mol. The maximum atomic E-state index is 5.31. The molecule has 4 nitrogen and oxygen atoms in total. The monoisotopic (exact) mass is 253 g/mol. The third kappa shape index (κ3) is 2.57. The second kappa shape index (κ2) is 5.10. The number of fused-ring (bicyclic) bond motifs is 1. The van der Waals surface area contributed by atoms with E-state index in [1.165, 1.54) is 5.56 Å². The molecule has 19 heavy (non-hydrogen) atoms. The Kier molecular flexibility index (Phi) is 3.14. The van der Waals surface area contributed by atoms with Crippen molar-refractivity contribution in [3.05, 3.63) is 54.2 Å². The minimum atomic E-state index is 0.785. The Labute approximate surface area is 111 Å². The summed E-state index contributed by atoms with van der Waals surface area (Å²) in [6.45, 7) is 2.85. The molecule has 0 spiro atoms. The zero-order chi connectivity index (χ0) is 13.1. The lowest BCUT2D eigenvalue weighted by Gasteiger charge is -2.08. The average Bonchev–Trinajstić information content (AvgIpc) is 2.92. The van der Waals surface area contributed by atoms with E-state index < -0.39 is 0 Å². The zero-order valence-electron chi connectivity index (χ0n) is 10.8. The van der Waals surface area contributed by atoms with Crippen molar-refractivity contribution in [2.24, 2.45) is 0 Å². The van der Waals surface area contributed by atoms with E-state index in [0.29, 0.717) is 0 Å². The van der Waals surface area contributed by atoms with Gasteiger partial charge in [0.25, 0.3) is 0 Å². The van der Waals surface area contributed by atoms with E-state index in [9.17, 15) is 0 Å². The van der Waals surface area contributed by atoms with E-state index in [1.54, 1.807) is 12.6 Å². The van der Waals surface area contributed by atoms with Crippen LogP contribution >= 0.6 is 0 Å². The molecule has 0 aliphatic heterocycles. The Balaban J connectivity index is 1.78. The minimum Gasteiger partial charge on any atom is -0.469 e.